The summed E-state index contributed by atoms with van der Waals surface area (Å²) in [6.07, 6.45) is -2.14. The molecule has 0 radical (unpaired) electrons. The number of anilines is 1. The van der Waals surface area contributed by atoms with Crippen molar-refractivity contribution in [3.8, 4) is 6.07 Å². The maximum Gasteiger partial charge on any atom is 0.351 e. The van der Waals surface area contributed by atoms with Crippen LogP contribution in [0.1, 0.15) is 24.3 Å². The van der Waals surface area contributed by atoms with Gasteiger partial charge in [-0.1, -0.05) is 60.7 Å². The number of hydrogen-bond acceptors (Lipinski definition) is 9. The van der Waals surface area contributed by atoms with Crippen LogP contribution in [0.2, 0.25) is 0 Å². The van der Waals surface area contributed by atoms with Crippen molar-refractivity contribution in [3.63, 3.8) is 0 Å². The molecule has 11 heteroatoms. The van der Waals surface area contributed by atoms with Crippen molar-refractivity contribution in [3.05, 3.63) is 92.9 Å². The number of ether oxygens (including phenoxy) is 4. The van der Waals surface area contributed by atoms with Gasteiger partial charge in [0.05, 0.1) is 24.3 Å². The Balaban J connectivity index is 1.70. The van der Waals surface area contributed by atoms with Gasteiger partial charge in [-0.05, 0) is 27.1 Å². The highest BCUT2D eigenvalue weighted by Gasteiger charge is 2.60. The zero-order valence-electron chi connectivity index (χ0n) is 20.0. The summed E-state index contributed by atoms with van der Waals surface area (Å²) in [5, 5.41) is 10.4. The van der Waals surface area contributed by atoms with E-state index < -0.39 is 35.7 Å². The van der Waals surface area contributed by atoms with Gasteiger partial charge < -0.3 is 24.7 Å². The number of carbonyl (C=O) groups is 1. The highest BCUT2D eigenvalue weighted by atomic mass is 79.9. The smallest absolute Gasteiger partial charge is 0.351 e. The van der Waals surface area contributed by atoms with Crippen LogP contribution in [0.5, 0.6) is 0 Å². The van der Waals surface area contributed by atoms with E-state index in [0.717, 1.165) is 15.7 Å². The number of hydrogen-bond donors (Lipinski definition) is 1. The first kappa shape index (κ1) is 26.5. The van der Waals surface area contributed by atoms with Gasteiger partial charge in [-0.3, -0.25) is 9.36 Å². The van der Waals surface area contributed by atoms with Crippen molar-refractivity contribution in [2.24, 2.45) is 0 Å². The minimum absolute atomic E-state index is 0.0158. The number of carbonyl (C=O) groups excluding carboxylic acids is 1. The van der Waals surface area contributed by atoms with Crippen LogP contribution in [-0.2, 0) is 37.0 Å². The summed E-state index contributed by atoms with van der Waals surface area (Å²) >= 11 is 3.26. The second kappa shape index (κ2) is 11.7. The molecule has 0 amide bonds. The molecular formula is C26H25BrN4O6. The van der Waals surface area contributed by atoms with Gasteiger partial charge in [0.2, 0.25) is 5.60 Å². The van der Waals surface area contributed by atoms with E-state index in [0.29, 0.717) is 4.47 Å². The van der Waals surface area contributed by atoms with Crippen molar-refractivity contribution < 1.29 is 23.7 Å². The molecular weight excluding hydrogens is 544 g/mol. The largest absolute Gasteiger partial charge is 0.455 e. The molecule has 1 aliphatic heterocycles. The van der Waals surface area contributed by atoms with Gasteiger partial charge in [0.25, 0.3) is 0 Å². The molecule has 37 heavy (non-hydrogen) atoms. The van der Waals surface area contributed by atoms with E-state index in [9.17, 15) is 14.9 Å². The van der Waals surface area contributed by atoms with Gasteiger partial charge >= 0.3 is 11.7 Å². The van der Waals surface area contributed by atoms with Gasteiger partial charge in [0, 0.05) is 13.1 Å². The molecule has 2 aromatic carbocycles. The van der Waals surface area contributed by atoms with Gasteiger partial charge in [-0.2, -0.15) is 10.2 Å². The number of halogens is 1. The van der Waals surface area contributed by atoms with Crippen LogP contribution in [-0.4, -0.2) is 39.9 Å². The summed E-state index contributed by atoms with van der Waals surface area (Å²) in [4.78, 5) is 28.7. The molecule has 1 aromatic heterocycles. The first-order valence-corrected chi connectivity index (χ1v) is 12.2. The van der Waals surface area contributed by atoms with Crippen LogP contribution in [0.15, 0.2) is 76.1 Å². The first-order valence-electron chi connectivity index (χ1n) is 11.4. The molecule has 4 atom stereocenters. The van der Waals surface area contributed by atoms with Crippen molar-refractivity contribution in [2.45, 2.75) is 44.2 Å². The predicted molar refractivity (Wildman–Crippen MR) is 136 cm³/mol. The van der Waals surface area contributed by atoms with E-state index in [-0.39, 0.29) is 25.6 Å². The lowest BCUT2D eigenvalue weighted by Crippen LogP contribution is -2.48. The third kappa shape index (κ3) is 6.06. The average Bonchev–Trinajstić information content (AvgIpc) is 3.18. The molecule has 10 nitrogen and oxygen atoms in total. The van der Waals surface area contributed by atoms with Crippen molar-refractivity contribution in [1.29, 1.82) is 5.26 Å². The number of rotatable bonds is 9. The Bertz CT molecular complexity index is 1330. The standard InChI is InChI=1S/C26H25BrN4O6/c1-17(32)36-21-22(35-14-19-10-6-3-7-11-19)26(15-28,16-34-13-18-8-4-2-5-9-18)37-24(21)31-12-20(27)23(29)30-25(31)33/h2-12,21-22,24H,13-14,16H2,1H3,(H2,29,30,33). The number of nitrogens with two attached hydrogens (primary N) is 1. The first-order chi connectivity index (χ1) is 17.8. The molecule has 192 valence electrons. The van der Waals surface area contributed by atoms with Crippen LogP contribution in [0.4, 0.5) is 5.82 Å². The lowest BCUT2D eigenvalue weighted by atomic mass is 9.97. The van der Waals surface area contributed by atoms with Crippen LogP contribution >= 0.6 is 15.9 Å². The van der Waals surface area contributed by atoms with Crippen molar-refractivity contribution in [1.82, 2.24) is 9.55 Å². The molecule has 0 spiro atoms. The minimum Gasteiger partial charge on any atom is -0.455 e. The zero-order chi connectivity index (χ0) is 26.4. The Morgan fingerprint density at radius 3 is 2.38 bits per heavy atom. The third-order valence-electron chi connectivity index (χ3n) is 5.77. The fraction of sp³-hybridized carbons (Fsp3) is 0.308. The highest BCUT2D eigenvalue weighted by molar-refractivity contribution is 9.10. The van der Waals surface area contributed by atoms with Gasteiger partial charge in [0.15, 0.2) is 12.3 Å². The molecule has 4 unspecified atom stereocenters. The zero-order valence-corrected chi connectivity index (χ0v) is 21.5. The molecule has 0 saturated carbocycles. The van der Waals surface area contributed by atoms with E-state index in [2.05, 4.69) is 27.0 Å². The van der Waals surface area contributed by atoms with Crippen LogP contribution < -0.4 is 11.4 Å². The molecule has 3 aromatic rings. The van der Waals surface area contributed by atoms with E-state index >= 15 is 0 Å². The Labute approximate surface area is 221 Å². The Hall–Kier alpha value is -3.56. The summed E-state index contributed by atoms with van der Waals surface area (Å²) < 4.78 is 25.3. The molecule has 1 saturated heterocycles. The summed E-state index contributed by atoms with van der Waals surface area (Å²) in [6, 6.07) is 20.9. The lowest BCUT2D eigenvalue weighted by Gasteiger charge is -2.28. The average molecular weight is 569 g/mol. The lowest BCUT2D eigenvalue weighted by molar-refractivity contribution is -0.158. The van der Waals surface area contributed by atoms with Gasteiger partial charge in [0.1, 0.15) is 18.0 Å². The fourth-order valence-electron chi connectivity index (χ4n) is 4.05. The van der Waals surface area contributed by atoms with E-state index in [1.165, 1.54) is 13.1 Å². The van der Waals surface area contributed by atoms with E-state index in [4.69, 9.17) is 24.7 Å². The fourth-order valence-corrected chi connectivity index (χ4v) is 4.36. The van der Waals surface area contributed by atoms with E-state index in [1.807, 2.05) is 60.7 Å². The minimum atomic E-state index is -1.72. The van der Waals surface area contributed by atoms with Crippen LogP contribution in [0.25, 0.3) is 0 Å². The third-order valence-corrected chi connectivity index (χ3v) is 6.38. The Kier molecular flexibility index (Phi) is 8.35. The summed E-state index contributed by atoms with van der Waals surface area (Å²) in [6.45, 7) is 1.31. The number of benzene rings is 2. The monoisotopic (exact) mass is 568 g/mol. The summed E-state index contributed by atoms with van der Waals surface area (Å²) in [5.74, 6) is -0.653. The summed E-state index contributed by atoms with van der Waals surface area (Å²) in [5.41, 5.74) is 5.01. The van der Waals surface area contributed by atoms with Crippen LogP contribution in [0.3, 0.4) is 0 Å². The topological polar surface area (TPSA) is 139 Å². The molecule has 2 heterocycles. The number of nitriles is 1. The van der Waals surface area contributed by atoms with Gasteiger partial charge in [-0.25, -0.2) is 4.79 Å². The molecule has 1 fully saturated rings. The predicted octanol–water partition coefficient (Wildman–Crippen LogP) is 3.11. The maximum atomic E-state index is 12.8. The molecule has 0 bridgehead atoms. The summed E-state index contributed by atoms with van der Waals surface area (Å²) in [7, 11) is 0. The maximum absolute atomic E-state index is 12.8. The number of nitrogen functional groups attached to an aromatic ring is 1. The molecule has 2 N–H and O–H groups in total. The SMILES string of the molecule is CC(=O)OC1C(n2cc(Br)c(N)nc2=O)OC(C#N)(COCc2ccccc2)C1OCc1ccccc1. The second-order valence-electron chi connectivity index (χ2n) is 8.44. The molecule has 4 rings (SSSR count). The van der Waals surface area contributed by atoms with E-state index in [1.54, 1.807) is 0 Å². The van der Waals surface area contributed by atoms with Gasteiger partial charge in [-0.15, -0.1) is 0 Å². The molecule has 1 aliphatic rings. The quantitative estimate of drug-likeness (QED) is 0.385. The Morgan fingerprint density at radius 1 is 1.16 bits per heavy atom. The second-order valence-corrected chi connectivity index (χ2v) is 9.30. The Morgan fingerprint density at radius 2 is 1.78 bits per heavy atom. The normalized spacial score (nSPS) is 22.9. The molecule has 0 aliphatic carbocycles. The van der Waals surface area contributed by atoms with Crippen molar-refractivity contribution >= 4 is 27.7 Å². The number of aromatic nitrogens is 2. The number of esters is 1. The van der Waals surface area contributed by atoms with Crippen LogP contribution in [0, 0.1) is 11.3 Å². The number of nitrogens with zero attached hydrogens (tertiary/aromatic N) is 3. The highest BCUT2D eigenvalue weighted by Crippen LogP contribution is 2.41. The van der Waals surface area contributed by atoms with Crippen molar-refractivity contribution in [2.75, 3.05) is 12.3 Å².